The van der Waals surface area contributed by atoms with Gasteiger partial charge >= 0.3 is 0 Å². The van der Waals surface area contributed by atoms with Crippen LogP contribution in [0, 0.1) is 0 Å². The number of phenols is 1. The molecule has 0 saturated carbocycles. The Balaban J connectivity index is 2.03. The zero-order valence-corrected chi connectivity index (χ0v) is 10.2. The molecule has 94 valence electrons. The van der Waals surface area contributed by atoms with Crippen LogP contribution in [0.2, 0.25) is 0 Å². The highest BCUT2D eigenvalue weighted by molar-refractivity contribution is 6.17. The Morgan fingerprint density at radius 3 is 2.61 bits per heavy atom. The van der Waals surface area contributed by atoms with Gasteiger partial charge in [0.25, 0.3) is 0 Å². The van der Waals surface area contributed by atoms with Gasteiger partial charge in [-0.15, -0.1) is 0 Å². The quantitative estimate of drug-likeness (QED) is 0.777. The van der Waals surface area contributed by atoms with Crippen molar-refractivity contribution >= 4 is 5.78 Å². The molecule has 1 aliphatic carbocycles. The summed E-state index contributed by atoms with van der Waals surface area (Å²) in [5, 5.41) is 12.3. The number of aromatic hydroxyl groups is 1. The average molecular weight is 245 g/mol. The molecule has 0 unspecified atom stereocenters. The molecule has 0 radical (unpaired) electrons. The van der Waals surface area contributed by atoms with Crippen LogP contribution in [0.25, 0.3) is 0 Å². The Hall–Kier alpha value is -2.23. The number of allylic oxidation sites excluding steroid dienone is 2. The van der Waals surface area contributed by atoms with Crippen LogP contribution in [0.3, 0.4) is 0 Å². The molecular weight excluding hydrogens is 230 g/mol. The first kappa shape index (κ1) is 12.2. The van der Waals surface area contributed by atoms with Crippen molar-refractivity contribution < 1.29 is 14.6 Å². The molecule has 0 aliphatic heterocycles. The summed E-state index contributed by atoms with van der Waals surface area (Å²) in [7, 11) is 0. The maximum atomic E-state index is 11.5. The van der Waals surface area contributed by atoms with Crippen molar-refractivity contribution in [3.05, 3.63) is 53.4 Å². The monoisotopic (exact) mass is 245 g/mol. The Morgan fingerprint density at radius 1 is 1.33 bits per heavy atom. The van der Waals surface area contributed by atoms with Crippen molar-refractivity contribution in [1.82, 2.24) is 5.32 Å². The van der Waals surface area contributed by atoms with E-state index in [0.717, 1.165) is 5.56 Å². The summed E-state index contributed by atoms with van der Waals surface area (Å²) in [5.41, 5.74) is 2.13. The Kier molecular flexibility index (Phi) is 3.37. The molecule has 0 heterocycles. The van der Waals surface area contributed by atoms with Crippen molar-refractivity contribution in [2.45, 2.75) is 13.5 Å². The van der Waals surface area contributed by atoms with Gasteiger partial charge in [0, 0.05) is 12.1 Å². The maximum absolute atomic E-state index is 11.5. The van der Waals surface area contributed by atoms with Gasteiger partial charge in [-0.1, -0.05) is 18.7 Å². The van der Waals surface area contributed by atoms with Gasteiger partial charge in [0.2, 0.25) is 5.78 Å². The predicted molar refractivity (Wildman–Crippen MR) is 67.7 cm³/mol. The number of carbonyl (C=O) groups is 1. The van der Waals surface area contributed by atoms with Crippen molar-refractivity contribution in [2.24, 2.45) is 0 Å². The lowest BCUT2D eigenvalue weighted by molar-refractivity contribution is -0.117. The third-order valence-electron chi connectivity index (χ3n) is 2.70. The van der Waals surface area contributed by atoms with Gasteiger partial charge in [-0.05, 0) is 24.6 Å². The van der Waals surface area contributed by atoms with E-state index < -0.39 is 0 Å². The lowest BCUT2D eigenvalue weighted by Crippen LogP contribution is -2.32. The first-order valence-electron chi connectivity index (χ1n) is 5.76. The molecule has 0 saturated heterocycles. The van der Waals surface area contributed by atoms with E-state index in [1.807, 2.05) is 19.1 Å². The molecule has 1 aliphatic rings. The van der Waals surface area contributed by atoms with Crippen LogP contribution in [-0.2, 0) is 16.1 Å². The van der Waals surface area contributed by atoms with Crippen molar-refractivity contribution in [1.29, 1.82) is 0 Å². The van der Waals surface area contributed by atoms with Gasteiger partial charge in [-0.3, -0.25) is 4.79 Å². The third kappa shape index (κ3) is 2.22. The van der Waals surface area contributed by atoms with Crippen LogP contribution in [0.15, 0.2) is 47.9 Å². The number of ether oxygens (including phenoxy) is 1. The van der Waals surface area contributed by atoms with Crippen LogP contribution in [0.1, 0.15) is 12.5 Å². The van der Waals surface area contributed by atoms with E-state index in [0.29, 0.717) is 30.2 Å². The summed E-state index contributed by atoms with van der Waals surface area (Å²) < 4.78 is 5.25. The normalized spacial score (nSPS) is 14.5. The highest BCUT2D eigenvalue weighted by Gasteiger charge is 2.33. The Morgan fingerprint density at radius 2 is 2.00 bits per heavy atom. The SMILES string of the molecule is C=C1C(=O)C(OCC)=C1NCc1ccc(O)cc1. The van der Waals surface area contributed by atoms with Crippen molar-refractivity contribution in [3.8, 4) is 5.75 Å². The number of phenolic OH excluding ortho intramolecular Hbond substituents is 1. The van der Waals surface area contributed by atoms with Crippen LogP contribution in [-0.4, -0.2) is 17.5 Å². The lowest BCUT2D eigenvalue weighted by atomic mass is 9.95. The molecular formula is C14H15NO3. The topological polar surface area (TPSA) is 58.6 Å². The van der Waals surface area contributed by atoms with Crippen molar-refractivity contribution in [2.75, 3.05) is 6.61 Å². The molecule has 1 aromatic carbocycles. The third-order valence-corrected chi connectivity index (χ3v) is 2.70. The summed E-state index contributed by atoms with van der Waals surface area (Å²) in [5.74, 6) is 0.461. The Labute approximate surface area is 106 Å². The van der Waals surface area contributed by atoms with E-state index in [2.05, 4.69) is 11.9 Å². The van der Waals surface area contributed by atoms with E-state index in [1.165, 1.54) is 0 Å². The summed E-state index contributed by atoms with van der Waals surface area (Å²) in [4.78, 5) is 11.5. The summed E-state index contributed by atoms with van der Waals surface area (Å²) in [6.45, 7) is 6.54. The first-order valence-corrected chi connectivity index (χ1v) is 5.76. The molecule has 0 amide bonds. The minimum absolute atomic E-state index is 0.134. The molecule has 4 nitrogen and oxygen atoms in total. The zero-order valence-electron chi connectivity index (χ0n) is 10.2. The summed E-state index contributed by atoms with van der Waals surface area (Å²) >= 11 is 0. The highest BCUT2D eigenvalue weighted by atomic mass is 16.5. The van der Waals surface area contributed by atoms with E-state index in [9.17, 15) is 9.90 Å². The van der Waals surface area contributed by atoms with Gasteiger partial charge in [0.1, 0.15) is 5.75 Å². The van der Waals surface area contributed by atoms with Gasteiger partial charge in [-0.2, -0.15) is 0 Å². The number of carbonyl (C=O) groups excluding carboxylic acids is 1. The largest absolute Gasteiger partial charge is 0.508 e. The number of benzene rings is 1. The average Bonchev–Trinajstić information content (AvgIpc) is 2.39. The number of nitrogens with one attached hydrogen (secondary N) is 1. The standard InChI is InChI=1S/C14H15NO3/c1-3-18-14-12(9(2)13(14)17)15-8-10-4-6-11(16)7-5-10/h4-7,15-16H,2-3,8H2,1H3. The fourth-order valence-corrected chi connectivity index (χ4v) is 1.71. The zero-order chi connectivity index (χ0) is 13.1. The molecule has 0 spiro atoms. The maximum Gasteiger partial charge on any atom is 0.231 e. The molecule has 0 bridgehead atoms. The van der Waals surface area contributed by atoms with Gasteiger partial charge < -0.3 is 15.2 Å². The van der Waals surface area contributed by atoms with E-state index in [-0.39, 0.29) is 11.5 Å². The smallest absolute Gasteiger partial charge is 0.231 e. The second-order valence-electron chi connectivity index (χ2n) is 3.96. The number of hydrogen-bond acceptors (Lipinski definition) is 4. The summed E-state index contributed by atoms with van der Waals surface area (Å²) in [6.07, 6.45) is 0. The number of rotatable bonds is 5. The second kappa shape index (κ2) is 4.96. The van der Waals surface area contributed by atoms with Gasteiger partial charge in [0.05, 0.1) is 12.3 Å². The molecule has 0 fully saturated rings. The first-order chi connectivity index (χ1) is 8.63. The molecule has 2 N–H and O–H groups in total. The number of hydrogen-bond donors (Lipinski definition) is 2. The number of ketones is 1. The second-order valence-corrected chi connectivity index (χ2v) is 3.96. The highest BCUT2D eigenvalue weighted by Crippen LogP contribution is 2.27. The molecule has 18 heavy (non-hydrogen) atoms. The molecule has 0 aromatic heterocycles. The molecule has 0 atom stereocenters. The number of Topliss-reactive ketones (excluding diaryl/α,β-unsaturated/α-hetero) is 1. The molecule has 4 heteroatoms. The van der Waals surface area contributed by atoms with E-state index >= 15 is 0 Å². The molecule has 2 rings (SSSR count). The van der Waals surface area contributed by atoms with Crippen LogP contribution < -0.4 is 5.32 Å². The minimum atomic E-state index is -0.134. The minimum Gasteiger partial charge on any atom is -0.508 e. The fourth-order valence-electron chi connectivity index (χ4n) is 1.71. The Bertz CT molecular complexity index is 514. The van der Waals surface area contributed by atoms with Gasteiger partial charge in [0.15, 0.2) is 5.76 Å². The van der Waals surface area contributed by atoms with Crippen molar-refractivity contribution in [3.63, 3.8) is 0 Å². The fraction of sp³-hybridized carbons (Fsp3) is 0.214. The molecule has 1 aromatic rings. The van der Waals surface area contributed by atoms with Gasteiger partial charge in [-0.25, -0.2) is 0 Å². The van der Waals surface area contributed by atoms with Crippen LogP contribution in [0.5, 0.6) is 5.75 Å². The van der Waals surface area contributed by atoms with E-state index in [1.54, 1.807) is 12.1 Å². The lowest BCUT2D eigenvalue weighted by Gasteiger charge is -2.25. The summed E-state index contributed by atoms with van der Waals surface area (Å²) in [6, 6.07) is 6.87. The van der Waals surface area contributed by atoms with E-state index in [4.69, 9.17) is 4.74 Å². The predicted octanol–water partition coefficient (Wildman–Crippen LogP) is 1.87. The van der Waals surface area contributed by atoms with Crippen LogP contribution >= 0.6 is 0 Å². The van der Waals surface area contributed by atoms with Crippen LogP contribution in [0.4, 0.5) is 0 Å².